The minimum Gasteiger partial charge on any atom is -0.493 e. The maximum Gasteiger partial charge on any atom is 0.325 e. The van der Waals surface area contributed by atoms with Crippen LogP contribution in [0.15, 0.2) is 24.3 Å². The standard InChI is InChI=1S/C18H23N3O4/c1-3-18(4-2)16(23)21(17(24)20-18)11-15(22)19-13-9-10-25-14-8-6-5-7-12(13)14/h5-8,13H,3-4,9-11H2,1-2H3,(H,19,22)(H,20,24). The fraction of sp³-hybridized carbons (Fsp3) is 0.500. The second kappa shape index (κ2) is 6.74. The van der Waals surface area contributed by atoms with E-state index in [1.807, 2.05) is 38.1 Å². The normalized spacial score (nSPS) is 21.4. The van der Waals surface area contributed by atoms with Gasteiger partial charge in [0.1, 0.15) is 17.8 Å². The SMILES string of the molecule is CCC1(CC)NC(=O)N(CC(=O)NC2CCOc3ccccc32)C1=O. The summed E-state index contributed by atoms with van der Waals surface area (Å²) in [5, 5.41) is 5.64. The average Bonchev–Trinajstić information content (AvgIpc) is 2.86. The van der Waals surface area contributed by atoms with E-state index < -0.39 is 11.6 Å². The second-order valence-corrected chi connectivity index (χ2v) is 6.41. The number of rotatable bonds is 5. The van der Waals surface area contributed by atoms with Gasteiger partial charge in [-0.1, -0.05) is 32.0 Å². The molecule has 0 aromatic heterocycles. The minimum absolute atomic E-state index is 0.180. The van der Waals surface area contributed by atoms with Crippen LogP contribution in [0.25, 0.3) is 0 Å². The van der Waals surface area contributed by atoms with Crippen LogP contribution in [0.2, 0.25) is 0 Å². The molecule has 2 heterocycles. The average molecular weight is 345 g/mol. The lowest BCUT2D eigenvalue weighted by molar-refractivity contribution is -0.135. The molecule has 1 aromatic rings. The molecule has 1 aromatic carbocycles. The quantitative estimate of drug-likeness (QED) is 0.796. The molecule has 3 rings (SSSR count). The monoisotopic (exact) mass is 345 g/mol. The van der Waals surface area contributed by atoms with Crippen molar-refractivity contribution in [1.82, 2.24) is 15.5 Å². The van der Waals surface area contributed by atoms with Crippen molar-refractivity contribution >= 4 is 17.8 Å². The van der Waals surface area contributed by atoms with Gasteiger partial charge in [0.25, 0.3) is 5.91 Å². The topological polar surface area (TPSA) is 87.7 Å². The van der Waals surface area contributed by atoms with E-state index in [1.54, 1.807) is 0 Å². The van der Waals surface area contributed by atoms with E-state index in [0.717, 1.165) is 16.2 Å². The van der Waals surface area contributed by atoms with Crippen molar-refractivity contribution in [1.29, 1.82) is 0 Å². The van der Waals surface area contributed by atoms with E-state index in [0.29, 0.717) is 25.9 Å². The van der Waals surface area contributed by atoms with Crippen LogP contribution in [-0.4, -0.2) is 41.4 Å². The minimum atomic E-state index is -0.886. The molecule has 0 aliphatic carbocycles. The lowest BCUT2D eigenvalue weighted by atomic mass is 9.93. The van der Waals surface area contributed by atoms with Crippen molar-refractivity contribution in [3.8, 4) is 5.75 Å². The fourth-order valence-corrected chi connectivity index (χ4v) is 3.42. The maximum atomic E-state index is 12.6. The third kappa shape index (κ3) is 3.06. The predicted molar refractivity (Wildman–Crippen MR) is 91.0 cm³/mol. The summed E-state index contributed by atoms with van der Waals surface area (Å²) in [6.45, 7) is 3.94. The Morgan fingerprint density at radius 2 is 2.04 bits per heavy atom. The molecule has 1 saturated heterocycles. The van der Waals surface area contributed by atoms with Crippen molar-refractivity contribution in [2.24, 2.45) is 0 Å². The van der Waals surface area contributed by atoms with E-state index in [9.17, 15) is 14.4 Å². The molecule has 2 N–H and O–H groups in total. The first-order valence-corrected chi connectivity index (χ1v) is 8.66. The van der Waals surface area contributed by atoms with E-state index in [-0.39, 0.29) is 24.4 Å². The van der Waals surface area contributed by atoms with Crippen LogP contribution in [-0.2, 0) is 9.59 Å². The molecule has 4 amide bonds. The van der Waals surface area contributed by atoms with Crippen molar-refractivity contribution < 1.29 is 19.1 Å². The number of nitrogens with zero attached hydrogens (tertiary/aromatic N) is 1. The molecule has 1 atom stereocenters. The second-order valence-electron chi connectivity index (χ2n) is 6.41. The zero-order chi connectivity index (χ0) is 18.0. The van der Waals surface area contributed by atoms with Crippen LogP contribution in [0.5, 0.6) is 5.75 Å². The first-order chi connectivity index (χ1) is 12.0. The van der Waals surface area contributed by atoms with Gasteiger partial charge >= 0.3 is 6.03 Å². The molecule has 2 aliphatic rings. The van der Waals surface area contributed by atoms with Gasteiger partial charge in [-0.3, -0.25) is 14.5 Å². The zero-order valence-electron chi connectivity index (χ0n) is 14.5. The zero-order valence-corrected chi connectivity index (χ0v) is 14.5. The van der Waals surface area contributed by atoms with Gasteiger partial charge in [0.05, 0.1) is 12.6 Å². The molecule has 0 bridgehead atoms. The van der Waals surface area contributed by atoms with Gasteiger partial charge < -0.3 is 15.4 Å². The molecule has 0 radical (unpaired) electrons. The Hall–Kier alpha value is -2.57. The van der Waals surface area contributed by atoms with Gasteiger partial charge in [0, 0.05) is 12.0 Å². The Labute approximate surface area is 146 Å². The highest BCUT2D eigenvalue weighted by atomic mass is 16.5. The molecule has 7 heteroatoms. The maximum absolute atomic E-state index is 12.6. The third-order valence-electron chi connectivity index (χ3n) is 5.05. The number of carbonyl (C=O) groups is 3. The van der Waals surface area contributed by atoms with Crippen molar-refractivity contribution in [3.05, 3.63) is 29.8 Å². The first-order valence-electron chi connectivity index (χ1n) is 8.66. The Bertz CT molecular complexity index is 699. The molecule has 0 saturated carbocycles. The number of hydrogen-bond acceptors (Lipinski definition) is 4. The Morgan fingerprint density at radius 3 is 2.72 bits per heavy atom. The molecular formula is C18H23N3O4. The van der Waals surface area contributed by atoms with E-state index >= 15 is 0 Å². The lowest BCUT2D eigenvalue weighted by Crippen LogP contribution is -2.47. The number of hydrogen-bond donors (Lipinski definition) is 2. The first kappa shape index (κ1) is 17.3. The number of ether oxygens (including phenoxy) is 1. The summed E-state index contributed by atoms with van der Waals surface area (Å²) >= 11 is 0. The molecule has 1 fully saturated rings. The molecule has 25 heavy (non-hydrogen) atoms. The molecule has 7 nitrogen and oxygen atoms in total. The molecule has 1 unspecified atom stereocenters. The van der Waals surface area contributed by atoms with Crippen molar-refractivity contribution in [2.75, 3.05) is 13.2 Å². The highest BCUT2D eigenvalue weighted by Crippen LogP contribution is 2.31. The molecular weight excluding hydrogens is 322 g/mol. The number of urea groups is 1. The van der Waals surface area contributed by atoms with E-state index in [1.165, 1.54) is 0 Å². The van der Waals surface area contributed by atoms with E-state index in [4.69, 9.17) is 4.74 Å². The Balaban J connectivity index is 1.68. The Kier molecular flexibility index (Phi) is 4.65. The highest BCUT2D eigenvalue weighted by molar-refractivity contribution is 6.09. The molecule has 0 spiro atoms. The van der Waals surface area contributed by atoms with Crippen molar-refractivity contribution in [2.45, 2.75) is 44.7 Å². The van der Waals surface area contributed by atoms with Crippen LogP contribution in [0.3, 0.4) is 0 Å². The summed E-state index contributed by atoms with van der Waals surface area (Å²) in [5.41, 5.74) is 0.0265. The van der Waals surface area contributed by atoms with Crippen LogP contribution < -0.4 is 15.4 Å². The number of benzene rings is 1. The number of amides is 4. The smallest absolute Gasteiger partial charge is 0.325 e. The van der Waals surface area contributed by atoms with E-state index in [2.05, 4.69) is 10.6 Å². The van der Waals surface area contributed by atoms with Crippen LogP contribution in [0.4, 0.5) is 4.79 Å². The Morgan fingerprint density at radius 1 is 1.32 bits per heavy atom. The summed E-state index contributed by atoms with van der Waals surface area (Å²) in [7, 11) is 0. The molecule has 2 aliphatic heterocycles. The van der Waals surface area contributed by atoms with Crippen LogP contribution >= 0.6 is 0 Å². The third-order valence-corrected chi connectivity index (χ3v) is 5.05. The van der Waals surface area contributed by atoms with Crippen LogP contribution in [0, 0.1) is 0 Å². The highest BCUT2D eigenvalue weighted by Gasteiger charge is 2.49. The van der Waals surface area contributed by atoms with Gasteiger partial charge in [-0.25, -0.2) is 4.79 Å². The van der Waals surface area contributed by atoms with Crippen LogP contribution in [0.1, 0.15) is 44.7 Å². The van der Waals surface area contributed by atoms with Gasteiger partial charge in [-0.05, 0) is 18.9 Å². The van der Waals surface area contributed by atoms with Gasteiger partial charge in [0.2, 0.25) is 5.91 Å². The largest absolute Gasteiger partial charge is 0.493 e. The number of nitrogens with one attached hydrogen (secondary N) is 2. The predicted octanol–water partition coefficient (Wildman–Crippen LogP) is 1.74. The van der Waals surface area contributed by atoms with Gasteiger partial charge in [-0.15, -0.1) is 0 Å². The summed E-state index contributed by atoms with van der Waals surface area (Å²) in [4.78, 5) is 38.1. The van der Waals surface area contributed by atoms with Gasteiger partial charge in [-0.2, -0.15) is 0 Å². The molecule has 134 valence electrons. The summed E-state index contributed by atoms with van der Waals surface area (Å²) in [5.74, 6) is 0.0725. The number of carbonyl (C=O) groups excluding carboxylic acids is 3. The number of fused-ring (bicyclic) bond motifs is 1. The number of para-hydroxylation sites is 1. The number of imide groups is 1. The van der Waals surface area contributed by atoms with Crippen molar-refractivity contribution in [3.63, 3.8) is 0 Å². The lowest BCUT2D eigenvalue weighted by Gasteiger charge is -2.27. The van der Waals surface area contributed by atoms with Gasteiger partial charge in [0.15, 0.2) is 0 Å². The fourth-order valence-electron chi connectivity index (χ4n) is 3.42. The summed E-state index contributed by atoms with van der Waals surface area (Å²) < 4.78 is 5.58. The summed E-state index contributed by atoms with van der Waals surface area (Å²) in [6, 6.07) is 6.86. The summed E-state index contributed by atoms with van der Waals surface area (Å²) in [6.07, 6.45) is 1.65.